The summed E-state index contributed by atoms with van der Waals surface area (Å²) in [4.78, 5) is 49.5. The summed E-state index contributed by atoms with van der Waals surface area (Å²) in [6.45, 7) is 5.63. The number of hydrogen-bond donors (Lipinski definition) is 2. The van der Waals surface area contributed by atoms with Gasteiger partial charge in [0.05, 0.1) is 42.8 Å². The molecule has 0 bridgehead atoms. The maximum Gasteiger partial charge on any atom is 0.249 e. The molecule has 2 aromatic rings. The summed E-state index contributed by atoms with van der Waals surface area (Å²) in [5, 5.41) is 7.98. The molecule has 1 amide bonds. The van der Waals surface area contributed by atoms with Crippen molar-refractivity contribution < 1.29 is 14.4 Å². The third-order valence-corrected chi connectivity index (χ3v) is 7.65. The Kier molecular flexibility index (Phi) is 11.7. The first kappa shape index (κ1) is 29.2. The van der Waals surface area contributed by atoms with Crippen molar-refractivity contribution in [3.05, 3.63) is 50.5 Å². The van der Waals surface area contributed by atoms with E-state index >= 15 is 0 Å². The lowest BCUT2D eigenvalue weighted by Crippen LogP contribution is -2.44. The molecule has 1 aromatic carbocycles. The minimum atomic E-state index is -0.444. The number of carbonyl (C=O) groups is 1. The van der Waals surface area contributed by atoms with Crippen LogP contribution in [-0.2, 0) is 20.9 Å². The Morgan fingerprint density at radius 2 is 1.85 bits per heavy atom. The lowest BCUT2D eigenvalue weighted by Gasteiger charge is -2.34. The van der Waals surface area contributed by atoms with E-state index in [1.54, 1.807) is 17.5 Å². The van der Waals surface area contributed by atoms with Gasteiger partial charge in [-0.15, -0.1) is 0 Å². The standard InChI is InChI=1S/C29H43N5O5/c35-26(34(24-10-4-3-5-11-24)39-20-17-33-15-18-38-19-16-33)12-6-1-2-7-14-31-27-25(28(36)29(27)37)22-32-23-9-8-13-30-21-23/h8-9,13,21,24,31-32H,1-7,10-12,14-20,22H2. The van der Waals surface area contributed by atoms with Gasteiger partial charge in [0.1, 0.15) is 0 Å². The minimum absolute atomic E-state index is 0.0940. The normalized spacial score (nSPS) is 16.8. The summed E-state index contributed by atoms with van der Waals surface area (Å²) in [6, 6.07) is 3.87. The molecule has 0 spiro atoms. The second kappa shape index (κ2) is 15.7. The zero-order chi connectivity index (χ0) is 27.3. The lowest BCUT2D eigenvalue weighted by atomic mass is 9.95. The molecule has 39 heavy (non-hydrogen) atoms. The number of pyridine rings is 1. The SMILES string of the molecule is O=C(CCCCCCNc1c(CNc2cccnc2)c(=O)c1=O)N(OCCN1CCOCC1)C1CCCCC1. The van der Waals surface area contributed by atoms with E-state index in [2.05, 4.69) is 20.5 Å². The van der Waals surface area contributed by atoms with E-state index in [0.717, 1.165) is 89.9 Å². The van der Waals surface area contributed by atoms with Crippen LogP contribution in [0.2, 0.25) is 0 Å². The van der Waals surface area contributed by atoms with Gasteiger partial charge in [0.15, 0.2) is 0 Å². The fourth-order valence-electron chi connectivity index (χ4n) is 5.32. The average Bonchev–Trinajstić information content (AvgIpc) is 2.99. The second-order valence-corrected chi connectivity index (χ2v) is 10.5. The van der Waals surface area contributed by atoms with Crippen LogP contribution in [0.1, 0.15) is 69.8 Å². The van der Waals surface area contributed by atoms with Gasteiger partial charge in [0, 0.05) is 51.5 Å². The van der Waals surface area contributed by atoms with Gasteiger partial charge >= 0.3 is 0 Å². The third kappa shape index (κ3) is 8.84. The molecule has 0 atom stereocenters. The number of carbonyl (C=O) groups excluding carboxylic acids is 1. The van der Waals surface area contributed by atoms with E-state index < -0.39 is 10.9 Å². The highest BCUT2D eigenvalue weighted by atomic mass is 16.7. The second-order valence-electron chi connectivity index (χ2n) is 10.5. The van der Waals surface area contributed by atoms with Crippen LogP contribution < -0.4 is 21.5 Å². The van der Waals surface area contributed by atoms with Crippen molar-refractivity contribution in [2.45, 2.75) is 76.8 Å². The molecule has 1 saturated heterocycles. The number of morpholine rings is 1. The van der Waals surface area contributed by atoms with Crippen molar-refractivity contribution in [2.24, 2.45) is 0 Å². The quantitative estimate of drug-likeness (QED) is 0.188. The number of hydrogen-bond acceptors (Lipinski definition) is 9. The number of unbranched alkanes of at least 4 members (excludes halogenated alkanes) is 3. The maximum absolute atomic E-state index is 13.1. The summed E-state index contributed by atoms with van der Waals surface area (Å²) in [5.74, 6) is 0.0940. The van der Waals surface area contributed by atoms with Gasteiger partial charge in [-0.25, -0.2) is 5.06 Å². The van der Waals surface area contributed by atoms with Crippen LogP contribution in [-0.4, -0.2) is 72.9 Å². The molecule has 2 heterocycles. The van der Waals surface area contributed by atoms with Crippen LogP contribution in [0.25, 0.3) is 0 Å². The van der Waals surface area contributed by atoms with Crippen LogP contribution in [0.15, 0.2) is 34.1 Å². The van der Waals surface area contributed by atoms with E-state index in [4.69, 9.17) is 9.57 Å². The summed E-state index contributed by atoms with van der Waals surface area (Å²) < 4.78 is 5.41. The summed E-state index contributed by atoms with van der Waals surface area (Å²) in [5.41, 5.74) is 0.840. The van der Waals surface area contributed by atoms with Gasteiger partial charge in [0.25, 0.3) is 0 Å². The lowest BCUT2D eigenvalue weighted by molar-refractivity contribution is -0.205. The molecule has 10 nitrogen and oxygen atoms in total. The highest BCUT2D eigenvalue weighted by molar-refractivity contribution is 5.75. The molecule has 1 aliphatic heterocycles. The molecule has 2 N–H and O–H groups in total. The van der Waals surface area contributed by atoms with Crippen molar-refractivity contribution in [1.29, 1.82) is 0 Å². The minimum Gasteiger partial charge on any atom is -0.381 e. The van der Waals surface area contributed by atoms with Crippen LogP contribution >= 0.6 is 0 Å². The molecule has 214 valence electrons. The van der Waals surface area contributed by atoms with Gasteiger partial charge < -0.3 is 15.4 Å². The first-order chi connectivity index (χ1) is 19.1. The average molecular weight is 542 g/mol. The Bertz CT molecular complexity index is 1080. The number of nitrogens with one attached hydrogen (secondary N) is 2. The number of hydroxylamine groups is 2. The zero-order valence-electron chi connectivity index (χ0n) is 23.0. The van der Waals surface area contributed by atoms with Gasteiger partial charge in [-0.05, 0) is 37.8 Å². The van der Waals surface area contributed by atoms with E-state index in [1.807, 2.05) is 12.1 Å². The molecule has 2 aliphatic rings. The maximum atomic E-state index is 13.1. The Morgan fingerprint density at radius 3 is 2.62 bits per heavy atom. The Hall–Kier alpha value is -2.82. The first-order valence-electron chi connectivity index (χ1n) is 14.6. The van der Waals surface area contributed by atoms with Crippen molar-refractivity contribution in [1.82, 2.24) is 14.9 Å². The molecule has 0 unspecified atom stereocenters. The Labute approximate surface area is 230 Å². The Balaban J connectivity index is 1.12. The highest BCUT2D eigenvalue weighted by Crippen LogP contribution is 2.24. The predicted octanol–water partition coefficient (Wildman–Crippen LogP) is 3.08. The van der Waals surface area contributed by atoms with Gasteiger partial charge in [-0.3, -0.25) is 29.1 Å². The number of amides is 1. The van der Waals surface area contributed by atoms with E-state index in [9.17, 15) is 14.4 Å². The van der Waals surface area contributed by atoms with Gasteiger partial charge in [-0.2, -0.15) is 0 Å². The molecule has 0 radical (unpaired) electrons. The molecule has 1 saturated carbocycles. The van der Waals surface area contributed by atoms with Crippen LogP contribution in [0.5, 0.6) is 0 Å². The molecular weight excluding hydrogens is 498 g/mol. The van der Waals surface area contributed by atoms with Crippen LogP contribution in [0, 0.1) is 0 Å². The third-order valence-electron chi connectivity index (χ3n) is 7.65. The fourth-order valence-corrected chi connectivity index (χ4v) is 5.32. The molecule has 1 aromatic heterocycles. The Morgan fingerprint density at radius 1 is 1.05 bits per heavy atom. The number of nitrogens with zero attached hydrogens (tertiary/aromatic N) is 3. The molecular formula is C29H43N5O5. The van der Waals surface area contributed by atoms with Gasteiger partial charge in [0.2, 0.25) is 16.8 Å². The van der Waals surface area contributed by atoms with Crippen molar-refractivity contribution >= 4 is 17.3 Å². The summed E-state index contributed by atoms with van der Waals surface area (Å²) >= 11 is 0. The summed E-state index contributed by atoms with van der Waals surface area (Å²) in [7, 11) is 0. The van der Waals surface area contributed by atoms with Crippen LogP contribution in [0.4, 0.5) is 11.4 Å². The van der Waals surface area contributed by atoms with Gasteiger partial charge in [-0.1, -0.05) is 32.1 Å². The highest BCUT2D eigenvalue weighted by Gasteiger charge is 2.26. The molecule has 2 fully saturated rings. The van der Waals surface area contributed by atoms with Crippen molar-refractivity contribution in [2.75, 3.05) is 56.6 Å². The monoisotopic (exact) mass is 541 g/mol. The number of aromatic nitrogens is 1. The number of rotatable bonds is 16. The van der Waals surface area contributed by atoms with E-state index in [1.165, 1.54) is 6.42 Å². The first-order valence-corrected chi connectivity index (χ1v) is 14.6. The van der Waals surface area contributed by atoms with E-state index in [0.29, 0.717) is 37.4 Å². The largest absolute Gasteiger partial charge is 0.381 e. The topological polar surface area (TPSA) is 113 Å². The van der Waals surface area contributed by atoms with Crippen molar-refractivity contribution in [3.8, 4) is 0 Å². The van der Waals surface area contributed by atoms with E-state index in [-0.39, 0.29) is 11.9 Å². The smallest absolute Gasteiger partial charge is 0.249 e. The molecule has 1 aliphatic carbocycles. The summed E-state index contributed by atoms with van der Waals surface area (Å²) in [6.07, 6.45) is 13.0. The fraction of sp³-hybridized carbons (Fsp3) is 0.655. The predicted molar refractivity (Wildman–Crippen MR) is 151 cm³/mol. The molecule has 10 heteroatoms. The molecule has 4 rings (SSSR count). The zero-order valence-corrected chi connectivity index (χ0v) is 23.0. The van der Waals surface area contributed by atoms with Crippen molar-refractivity contribution in [3.63, 3.8) is 0 Å². The number of ether oxygens (including phenoxy) is 1. The number of anilines is 2. The van der Waals surface area contributed by atoms with Crippen LogP contribution in [0.3, 0.4) is 0 Å².